The van der Waals surface area contributed by atoms with Gasteiger partial charge >= 0.3 is 11.9 Å². The van der Waals surface area contributed by atoms with Crippen LogP contribution in [0.3, 0.4) is 0 Å². The second kappa shape index (κ2) is 7.14. The van der Waals surface area contributed by atoms with Crippen LogP contribution >= 0.6 is 69.6 Å². The second-order valence-corrected chi connectivity index (χ2v) is 8.69. The molecule has 0 spiro atoms. The molecule has 2 aliphatic rings. The van der Waals surface area contributed by atoms with Crippen LogP contribution in [0.25, 0.3) is 0 Å². The Morgan fingerprint density at radius 1 is 0.880 bits per heavy atom. The Balaban J connectivity index is 2.62. The molecule has 0 radical (unpaired) electrons. The van der Waals surface area contributed by atoms with E-state index in [-0.39, 0.29) is 23.3 Å². The number of hydrogen-bond acceptors (Lipinski definition) is 4. The molecule has 0 aromatic rings. The average Bonchev–Trinajstić information content (AvgIpc) is 2.77. The number of carbonyl (C=O) groups excluding carboxylic acids is 2. The van der Waals surface area contributed by atoms with E-state index in [0.29, 0.717) is 0 Å². The van der Waals surface area contributed by atoms with Crippen LogP contribution in [0.15, 0.2) is 35.4 Å². The van der Waals surface area contributed by atoms with Gasteiger partial charge in [0.05, 0.1) is 21.9 Å². The molecule has 0 amide bonds. The molecule has 2 unspecified atom stereocenters. The van der Waals surface area contributed by atoms with E-state index in [1.54, 1.807) is 0 Å². The number of ether oxygens (including phenoxy) is 2. The summed E-state index contributed by atoms with van der Waals surface area (Å²) in [6.07, 6.45) is 2.68. The van der Waals surface area contributed by atoms with Crippen molar-refractivity contribution in [1.29, 1.82) is 0 Å². The lowest BCUT2D eigenvalue weighted by Gasteiger charge is -2.33. The van der Waals surface area contributed by atoms with E-state index >= 15 is 0 Å². The first-order valence-electron chi connectivity index (χ1n) is 6.90. The van der Waals surface area contributed by atoms with Gasteiger partial charge in [0.2, 0.25) is 0 Å². The first-order valence-corrected chi connectivity index (χ1v) is 9.17. The molecule has 2 bridgehead atoms. The number of halogens is 6. The van der Waals surface area contributed by atoms with E-state index in [2.05, 4.69) is 13.2 Å². The fourth-order valence-corrected chi connectivity index (χ4v) is 5.96. The van der Waals surface area contributed by atoms with E-state index in [1.165, 1.54) is 12.2 Å². The van der Waals surface area contributed by atoms with Crippen molar-refractivity contribution in [3.05, 3.63) is 35.4 Å². The minimum absolute atomic E-state index is 0.126. The molecule has 0 heterocycles. The molecule has 0 aromatic heterocycles. The van der Waals surface area contributed by atoms with E-state index in [1.807, 2.05) is 0 Å². The molecule has 138 valence electrons. The van der Waals surface area contributed by atoms with Gasteiger partial charge in [0.25, 0.3) is 0 Å². The molecule has 4 nitrogen and oxygen atoms in total. The molecule has 2 rings (SSSR count). The van der Waals surface area contributed by atoms with Crippen LogP contribution in [0.1, 0.15) is 0 Å². The summed E-state index contributed by atoms with van der Waals surface area (Å²) in [5, 5.41) is -0.437. The van der Waals surface area contributed by atoms with Crippen LogP contribution in [-0.2, 0) is 19.1 Å². The number of alkyl halides is 4. The smallest absolute Gasteiger partial charge is 0.312 e. The van der Waals surface area contributed by atoms with Gasteiger partial charge in [-0.1, -0.05) is 71.7 Å². The first kappa shape index (κ1) is 21.2. The summed E-state index contributed by atoms with van der Waals surface area (Å²) in [6, 6.07) is 0. The van der Waals surface area contributed by atoms with Crippen molar-refractivity contribution in [1.82, 2.24) is 0 Å². The SMILES string of the molecule is C=CCOC(=O)C1C(C(=O)OCC=C)[C@@]2(Cl)C(Cl)=C(Cl)[C@]1(Cl)C2(Cl)Cl. The number of allylic oxidation sites excluding steroid dienone is 2. The van der Waals surface area contributed by atoms with Gasteiger partial charge in [-0.3, -0.25) is 9.59 Å². The molecule has 0 aromatic carbocycles. The van der Waals surface area contributed by atoms with Crippen molar-refractivity contribution in [3.8, 4) is 0 Å². The Bertz CT molecular complexity index is 621. The number of esters is 2. The van der Waals surface area contributed by atoms with Crippen molar-refractivity contribution < 1.29 is 19.1 Å². The van der Waals surface area contributed by atoms with Gasteiger partial charge in [0.15, 0.2) is 4.33 Å². The molecular weight excluding hydrogens is 457 g/mol. The summed E-state index contributed by atoms with van der Waals surface area (Å²) in [4.78, 5) is 21.2. The molecule has 25 heavy (non-hydrogen) atoms. The van der Waals surface area contributed by atoms with Crippen molar-refractivity contribution in [2.75, 3.05) is 13.2 Å². The highest BCUT2D eigenvalue weighted by Crippen LogP contribution is 2.76. The summed E-state index contributed by atoms with van der Waals surface area (Å²) in [7, 11) is 0. The third kappa shape index (κ3) is 2.64. The van der Waals surface area contributed by atoms with Gasteiger partial charge in [-0.25, -0.2) is 0 Å². The second-order valence-electron chi connectivity index (χ2n) is 5.42. The summed E-state index contributed by atoms with van der Waals surface area (Å²) in [5.74, 6) is -4.61. The van der Waals surface area contributed by atoms with Crippen LogP contribution in [0.5, 0.6) is 0 Å². The lowest BCUT2D eigenvalue weighted by atomic mass is 9.82. The minimum Gasteiger partial charge on any atom is -0.461 e. The van der Waals surface area contributed by atoms with Gasteiger partial charge in [0.1, 0.15) is 23.0 Å². The maximum absolute atomic E-state index is 12.6. The molecule has 1 fully saturated rings. The summed E-state index contributed by atoms with van der Waals surface area (Å²) in [5.41, 5.74) is 0. The molecule has 0 N–H and O–H groups in total. The maximum atomic E-state index is 12.6. The zero-order chi connectivity index (χ0) is 19.2. The predicted octanol–water partition coefficient (Wildman–Crippen LogP) is 4.52. The first-order chi connectivity index (χ1) is 11.5. The number of rotatable bonds is 6. The number of fused-ring (bicyclic) bond motifs is 2. The third-order valence-corrected chi connectivity index (χ3v) is 8.39. The summed E-state index contributed by atoms with van der Waals surface area (Å²) < 4.78 is 7.98. The fraction of sp³-hybridized carbons (Fsp3) is 0.467. The standard InChI is InChI=1S/C15H12Cl6O4/c1-3-5-24-11(22)7-8(12(23)25-6-4-2)14(19)10(17)9(16)13(7,18)15(14,20)21/h3-4,7-8H,1-2,5-6H2/t7?,8?,13-,14+. The van der Waals surface area contributed by atoms with Crippen LogP contribution in [0, 0.1) is 11.8 Å². The molecule has 10 heteroatoms. The van der Waals surface area contributed by atoms with Crippen molar-refractivity contribution in [3.63, 3.8) is 0 Å². The average molecular weight is 469 g/mol. The highest BCUT2D eigenvalue weighted by molar-refractivity contribution is 6.66. The summed E-state index contributed by atoms with van der Waals surface area (Å²) in [6.45, 7) is 6.63. The predicted molar refractivity (Wildman–Crippen MR) is 99.6 cm³/mol. The van der Waals surface area contributed by atoms with E-state index < -0.39 is 37.9 Å². The van der Waals surface area contributed by atoms with E-state index in [0.717, 1.165) is 0 Å². The van der Waals surface area contributed by atoms with Crippen LogP contribution < -0.4 is 0 Å². The zero-order valence-corrected chi connectivity index (χ0v) is 17.1. The van der Waals surface area contributed by atoms with Gasteiger partial charge in [-0.2, -0.15) is 0 Å². The third-order valence-electron chi connectivity index (χ3n) is 4.13. The van der Waals surface area contributed by atoms with E-state index in [9.17, 15) is 9.59 Å². The lowest BCUT2D eigenvalue weighted by molar-refractivity contribution is -0.159. The van der Waals surface area contributed by atoms with Crippen LogP contribution in [0.4, 0.5) is 0 Å². The molecule has 0 aliphatic heterocycles. The Morgan fingerprint density at radius 2 is 1.20 bits per heavy atom. The van der Waals surface area contributed by atoms with Crippen LogP contribution in [0.2, 0.25) is 0 Å². The topological polar surface area (TPSA) is 52.6 Å². The molecule has 2 aliphatic carbocycles. The normalized spacial score (nSPS) is 35.4. The number of hydrogen-bond donors (Lipinski definition) is 0. The highest BCUT2D eigenvalue weighted by Gasteiger charge is 2.85. The monoisotopic (exact) mass is 466 g/mol. The Hall–Kier alpha value is -0.1000. The van der Waals surface area contributed by atoms with E-state index in [4.69, 9.17) is 79.1 Å². The lowest BCUT2D eigenvalue weighted by Crippen LogP contribution is -2.46. The Morgan fingerprint density at radius 3 is 1.48 bits per heavy atom. The zero-order valence-electron chi connectivity index (χ0n) is 12.5. The van der Waals surface area contributed by atoms with Crippen LogP contribution in [-0.4, -0.2) is 39.2 Å². The molecule has 0 saturated heterocycles. The summed E-state index contributed by atoms with van der Waals surface area (Å²) >= 11 is 38.3. The molecular formula is C15H12Cl6O4. The number of carbonyl (C=O) groups is 2. The fourth-order valence-electron chi connectivity index (χ4n) is 3.04. The van der Waals surface area contributed by atoms with Crippen molar-refractivity contribution >= 4 is 81.5 Å². The maximum Gasteiger partial charge on any atom is 0.312 e. The quantitative estimate of drug-likeness (QED) is 0.326. The molecule has 4 atom stereocenters. The minimum atomic E-state index is -2.08. The highest BCUT2D eigenvalue weighted by atomic mass is 35.5. The van der Waals surface area contributed by atoms with Gasteiger partial charge in [0, 0.05) is 0 Å². The largest absolute Gasteiger partial charge is 0.461 e. The van der Waals surface area contributed by atoms with Gasteiger partial charge in [-0.15, -0.1) is 23.2 Å². The molecule has 1 saturated carbocycles. The Kier molecular flexibility index (Phi) is 6.05. The van der Waals surface area contributed by atoms with Gasteiger partial charge < -0.3 is 9.47 Å². The Labute approximate surface area is 174 Å². The van der Waals surface area contributed by atoms with Crippen molar-refractivity contribution in [2.45, 2.75) is 14.1 Å². The van der Waals surface area contributed by atoms with Gasteiger partial charge in [-0.05, 0) is 0 Å². The van der Waals surface area contributed by atoms with Crippen molar-refractivity contribution in [2.24, 2.45) is 11.8 Å².